The van der Waals surface area contributed by atoms with Gasteiger partial charge < -0.3 is 10.8 Å². The van der Waals surface area contributed by atoms with Gasteiger partial charge in [-0.15, -0.1) is 11.3 Å². The zero-order chi connectivity index (χ0) is 19.9. The van der Waals surface area contributed by atoms with E-state index in [1.54, 1.807) is 35.3 Å². The Kier molecular flexibility index (Phi) is 4.30. The van der Waals surface area contributed by atoms with Crippen LogP contribution in [0.4, 0.5) is 10.3 Å². The number of hydrogen-bond donors (Lipinski definition) is 2. The topological polar surface area (TPSA) is 103 Å². The maximum atomic E-state index is 14.6. The summed E-state index contributed by atoms with van der Waals surface area (Å²) in [7, 11) is 0. The molecule has 28 heavy (non-hydrogen) atoms. The van der Waals surface area contributed by atoms with E-state index in [4.69, 9.17) is 5.73 Å². The van der Waals surface area contributed by atoms with Gasteiger partial charge in [-0.2, -0.15) is 10.1 Å². The van der Waals surface area contributed by atoms with Gasteiger partial charge in [0.2, 0.25) is 5.95 Å². The molecule has 0 spiro atoms. The van der Waals surface area contributed by atoms with Crippen LogP contribution >= 0.6 is 11.3 Å². The van der Waals surface area contributed by atoms with Gasteiger partial charge in [0, 0.05) is 29.2 Å². The minimum atomic E-state index is -1.48. The lowest BCUT2D eigenvalue weighted by molar-refractivity contribution is 0.122. The molecule has 1 atom stereocenters. The molecule has 1 aromatic carbocycles. The molecule has 7 nitrogen and oxygen atoms in total. The summed E-state index contributed by atoms with van der Waals surface area (Å²) in [4.78, 5) is 12.1. The molecule has 0 saturated carbocycles. The largest absolute Gasteiger partial charge is 0.371 e. The molecular weight excluding hydrogens is 379 g/mol. The number of halogens is 1. The number of thiazole rings is 1. The van der Waals surface area contributed by atoms with Crippen molar-refractivity contribution in [2.45, 2.75) is 19.4 Å². The standard InChI is InChI=1S/C19H15FN6OS/c1-11-13-10-14(20)12(3-5-19(2,27)17-22-7-8-28-17)9-15(13)26(25-11)16-4-6-23-18(21)24-16/h4,6-10,27H,1-2H3,(H2,21,23,24)/t19-/m1/s1. The first-order chi connectivity index (χ1) is 13.3. The molecule has 0 bridgehead atoms. The summed E-state index contributed by atoms with van der Waals surface area (Å²) in [5, 5.41) is 17.8. The molecule has 0 saturated heterocycles. The van der Waals surface area contributed by atoms with Gasteiger partial charge >= 0.3 is 0 Å². The van der Waals surface area contributed by atoms with Crippen molar-refractivity contribution in [2.75, 3.05) is 5.73 Å². The van der Waals surface area contributed by atoms with Crippen molar-refractivity contribution < 1.29 is 9.50 Å². The third-order valence-electron chi connectivity index (χ3n) is 4.12. The van der Waals surface area contributed by atoms with E-state index in [0.717, 1.165) is 0 Å². The zero-order valence-corrected chi connectivity index (χ0v) is 15.8. The average molecular weight is 394 g/mol. The van der Waals surface area contributed by atoms with Crippen molar-refractivity contribution in [3.05, 3.63) is 58.1 Å². The molecule has 0 aliphatic carbocycles. The number of nitrogens with two attached hydrogens (primary N) is 1. The van der Waals surface area contributed by atoms with Gasteiger partial charge in [-0.05, 0) is 26.0 Å². The van der Waals surface area contributed by atoms with Gasteiger partial charge in [0.25, 0.3) is 0 Å². The number of aromatic nitrogens is 5. The second-order valence-corrected chi connectivity index (χ2v) is 7.17. The number of aryl methyl sites for hydroxylation is 1. The Morgan fingerprint density at radius 2 is 2.11 bits per heavy atom. The average Bonchev–Trinajstić information content (AvgIpc) is 3.30. The molecule has 4 aromatic rings. The monoisotopic (exact) mass is 394 g/mol. The van der Waals surface area contributed by atoms with Crippen molar-refractivity contribution in [3.8, 4) is 17.7 Å². The predicted molar refractivity (Wildman–Crippen MR) is 104 cm³/mol. The van der Waals surface area contributed by atoms with Gasteiger partial charge in [-0.1, -0.05) is 11.8 Å². The highest BCUT2D eigenvalue weighted by molar-refractivity contribution is 7.09. The molecule has 3 N–H and O–H groups in total. The molecule has 0 radical (unpaired) electrons. The molecule has 3 aromatic heterocycles. The summed E-state index contributed by atoms with van der Waals surface area (Å²) in [5.74, 6) is 5.50. The number of fused-ring (bicyclic) bond motifs is 1. The smallest absolute Gasteiger partial charge is 0.221 e. The minimum absolute atomic E-state index is 0.112. The van der Waals surface area contributed by atoms with E-state index in [9.17, 15) is 9.50 Å². The van der Waals surface area contributed by atoms with Crippen molar-refractivity contribution in [1.29, 1.82) is 0 Å². The molecule has 9 heteroatoms. The Labute approximate surface area is 163 Å². The fourth-order valence-electron chi connectivity index (χ4n) is 2.74. The highest BCUT2D eigenvalue weighted by atomic mass is 32.1. The molecule has 4 rings (SSSR count). The van der Waals surface area contributed by atoms with Crippen LogP contribution in [0.1, 0.15) is 23.2 Å². The number of rotatable bonds is 2. The van der Waals surface area contributed by atoms with Gasteiger partial charge in [-0.25, -0.2) is 19.0 Å². The molecule has 3 heterocycles. The van der Waals surface area contributed by atoms with Gasteiger partial charge in [0.15, 0.2) is 11.4 Å². The first-order valence-electron chi connectivity index (χ1n) is 8.28. The second kappa shape index (κ2) is 6.67. The fraction of sp³-hybridized carbons (Fsp3) is 0.158. The van der Waals surface area contributed by atoms with Crippen molar-refractivity contribution in [2.24, 2.45) is 0 Å². The molecule has 0 aliphatic heterocycles. The van der Waals surface area contributed by atoms with Crippen molar-refractivity contribution in [3.63, 3.8) is 0 Å². The first-order valence-corrected chi connectivity index (χ1v) is 9.16. The number of aliphatic hydroxyl groups is 1. The van der Waals surface area contributed by atoms with E-state index in [1.807, 2.05) is 0 Å². The molecule has 0 fully saturated rings. The van der Waals surface area contributed by atoms with Crippen LogP contribution in [-0.2, 0) is 5.60 Å². The maximum absolute atomic E-state index is 14.6. The lowest BCUT2D eigenvalue weighted by Crippen LogP contribution is -2.18. The Hall–Kier alpha value is -3.35. The third-order valence-corrected chi connectivity index (χ3v) is 5.10. The number of nitrogen functional groups attached to an aromatic ring is 1. The summed E-state index contributed by atoms with van der Waals surface area (Å²) < 4.78 is 16.2. The van der Waals surface area contributed by atoms with E-state index in [-0.39, 0.29) is 11.5 Å². The number of nitrogens with zero attached hydrogens (tertiary/aromatic N) is 5. The first kappa shape index (κ1) is 18.0. The van der Waals surface area contributed by atoms with Crippen LogP contribution in [0.5, 0.6) is 0 Å². The van der Waals surface area contributed by atoms with Crippen LogP contribution in [0.2, 0.25) is 0 Å². The predicted octanol–water partition coefficient (Wildman–Crippen LogP) is 2.56. The highest BCUT2D eigenvalue weighted by Gasteiger charge is 2.23. The molecule has 0 amide bonds. The maximum Gasteiger partial charge on any atom is 0.221 e. The van der Waals surface area contributed by atoms with E-state index < -0.39 is 11.4 Å². The van der Waals surface area contributed by atoms with E-state index >= 15 is 0 Å². The molecule has 0 unspecified atom stereocenters. The number of anilines is 1. The quantitative estimate of drug-likeness (QED) is 0.507. The lowest BCUT2D eigenvalue weighted by Gasteiger charge is -2.12. The lowest BCUT2D eigenvalue weighted by atomic mass is 10.1. The second-order valence-electron chi connectivity index (χ2n) is 6.28. The molecule has 140 valence electrons. The summed E-state index contributed by atoms with van der Waals surface area (Å²) in [6.07, 6.45) is 3.10. The van der Waals surface area contributed by atoms with Crippen LogP contribution in [0.15, 0.2) is 36.0 Å². The fourth-order valence-corrected chi connectivity index (χ4v) is 3.40. The summed E-state index contributed by atoms with van der Waals surface area (Å²) in [5.41, 5.74) is 5.58. The van der Waals surface area contributed by atoms with E-state index in [0.29, 0.717) is 27.4 Å². The summed E-state index contributed by atoms with van der Waals surface area (Å²) in [6, 6.07) is 4.61. The zero-order valence-electron chi connectivity index (χ0n) is 15.0. The Morgan fingerprint density at radius 3 is 2.82 bits per heavy atom. The van der Waals surface area contributed by atoms with E-state index in [2.05, 4.69) is 31.9 Å². The number of benzene rings is 1. The van der Waals surface area contributed by atoms with Crippen LogP contribution in [-0.4, -0.2) is 29.8 Å². The van der Waals surface area contributed by atoms with Crippen molar-refractivity contribution in [1.82, 2.24) is 24.7 Å². The Bertz CT molecular complexity index is 1240. The van der Waals surface area contributed by atoms with Gasteiger partial charge in [0.05, 0.1) is 16.8 Å². The minimum Gasteiger partial charge on any atom is -0.371 e. The SMILES string of the molecule is Cc1nn(-c2ccnc(N)n2)c2cc(C#C[C@@](C)(O)c3nccs3)c(F)cc12. The molecular formula is C19H15FN6OS. The molecule has 0 aliphatic rings. The Balaban J connectivity index is 1.84. The van der Waals surface area contributed by atoms with Crippen LogP contribution in [0, 0.1) is 24.6 Å². The van der Waals surface area contributed by atoms with Crippen LogP contribution in [0.3, 0.4) is 0 Å². The normalized spacial score (nSPS) is 13.1. The summed E-state index contributed by atoms with van der Waals surface area (Å²) >= 11 is 1.28. The van der Waals surface area contributed by atoms with Crippen molar-refractivity contribution >= 4 is 28.2 Å². The third kappa shape index (κ3) is 3.19. The highest BCUT2D eigenvalue weighted by Crippen LogP contribution is 2.25. The van der Waals surface area contributed by atoms with Crippen LogP contribution < -0.4 is 5.73 Å². The van der Waals surface area contributed by atoms with E-state index in [1.165, 1.54) is 30.5 Å². The Morgan fingerprint density at radius 1 is 1.29 bits per heavy atom. The van der Waals surface area contributed by atoms with Gasteiger partial charge in [0.1, 0.15) is 10.8 Å². The summed E-state index contributed by atoms with van der Waals surface area (Å²) in [6.45, 7) is 3.30. The van der Waals surface area contributed by atoms with Gasteiger partial charge in [-0.3, -0.25) is 0 Å². The van der Waals surface area contributed by atoms with Crippen LogP contribution in [0.25, 0.3) is 16.7 Å². The number of hydrogen-bond acceptors (Lipinski definition) is 7.